The van der Waals surface area contributed by atoms with Gasteiger partial charge < -0.3 is 0 Å². The summed E-state index contributed by atoms with van der Waals surface area (Å²) in [6.07, 6.45) is 4.68. The largest absolute Gasteiger partial charge is 0.245 e. The van der Waals surface area contributed by atoms with Gasteiger partial charge in [0.1, 0.15) is 0 Å². The molecule has 0 bridgehead atoms. The second-order valence-corrected chi connectivity index (χ2v) is 4.35. The van der Waals surface area contributed by atoms with Crippen LogP contribution in [0.25, 0.3) is 10.2 Å². The molecule has 0 aliphatic heterocycles. The summed E-state index contributed by atoms with van der Waals surface area (Å²) in [7, 11) is 0. The molecule has 0 aliphatic carbocycles. The second kappa shape index (κ2) is 4.56. The van der Waals surface area contributed by atoms with E-state index in [9.17, 15) is 0 Å². The van der Waals surface area contributed by atoms with Crippen molar-refractivity contribution in [1.82, 2.24) is 4.98 Å². The van der Waals surface area contributed by atoms with Crippen LogP contribution in [0.2, 0.25) is 0 Å². The van der Waals surface area contributed by atoms with Crippen molar-refractivity contribution < 1.29 is 0 Å². The highest BCUT2D eigenvalue weighted by Gasteiger charge is 1.98. The van der Waals surface area contributed by atoms with Crippen molar-refractivity contribution >= 4 is 21.6 Å². The molecule has 73 valence electrons. The maximum absolute atomic E-state index is 4.26. The molecule has 0 saturated heterocycles. The van der Waals surface area contributed by atoms with Gasteiger partial charge in [-0.15, -0.1) is 11.3 Å². The summed E-state index contributed by atoms with van der Waals surface area (Å²) in [6, 6.07) is 6.56. The number of nitrogens with zero attached hydrogens (tertiary/aromatic N) is 1. The number of hydrogen-bond acceptors (Lipinski definition) is 2. The van der Waals surface area contributed by atoms with Crippen LogP contribution in [0.4, 0.5) is 0 Å². The van der Waals surface area contributed by atoms with E-state index in [2.05, 4.69) is 30.1 Å². The molecule has 0 aliphatic rings. The molecule has 0 fully saturated rings. The van der Waals surface area contributed by atoms with Crippen LogP contribution < -0.4 is 0 Å². The Balaban J connectivity index is 2.10. The Labute approximate surface area is 88.8 Å². The summed E-state index contributed by atoms with van der Waals surface area (Å²) in [5.41, 5.74) is 4.45. The summed E-state index contributed by atoms with van der Waals surface area (Å²) in [5, 5.41) is 0. The van der Waals surface area contributed by atoms with E-state index < -0.39 is 0 Å². The van der Waals surface area contributed by atoms with Gasteiger partial charge in [0.05, 0.1) is 15.7 Å². The van der Waals surface area contributed by atoms with Crippen LogP contribution >= 0.6 is 11.3 Å². The van der Waals surface area contributed by atoms with Crippen LogP contribution in [-0.2, 0) is 6.42 Å². The number of thiazole rings is 1. The minimum atomic E-state index is 1.04. The van der Waals surface area contributed by atoms with E-state index in [1.165, 1.54) is 29.5 Å². The third-order valence-electron chi connectivity index (χ3n) is 2.36. The first kappa shape index (κ1) is 9.66. The van der Waals surface area contributed by atoms with E-state index in [1.54, 1.807) is 11.3 Å². The van der Waals surface area contributed by atoms with E-state index in [1.807, 2.05) is 5.51 Å². The molecule has 0 N–H and O–H groups in total. The Bertz CT molecular complexity index is 405. The predicted molar refractivity (Wildman–Crippen MR) is 62.5 cm³/mol. The molecular formula is C12H14NS. The highest BCUT2D eigenvalue weighted by atomic mass is 32.1. The van der Waals surface area contributed by atoms with Gasteiger partial charge in [-0.2, -0.15) is 0 Å². The molecule has 0 amide bonds. The first-order valence-electron chi connectivity index (χ1n) is 5.01. The summed E-state index contributed by atoms with van der Waals surface area (Å²) < 4.78 is 1.30. The van der Waals surface area contributed by atoms with Crippen molar-refractivity contribution in [2.45, 2.75) is 25.7 Å². The van der Waals surface area contributed by atoms with Gasteiger partial charge in [-0.05, 0) is 30.5 Å². The normalized spacial score (nSPS) is 10.9. The molecule has 1 radical (unpaired) electrons. The van der Waals surface area contributed by atoms with Crippen LogP contribution in [0.1, 0.15) is 24.8 Å². The topological polar surface area (TPSA) is 12.9 Å². The first-order chi connectivity index (χ1) is 6.90. The smallest absolute Gasteiger partial charge is 0.0812 e. The summed E-state index contributed by atoms with van der Waals surface area (Å²) >= 11 is 1.72. The molecule has 2 rings (SSSR count). The Hall–Kier alpha value is -0.890. The van der Waals surface area contributed by atoms with E-state index in [0.717, 1.165) is 11.9 Å². The molecule has 1 aromatic heterocycles. The molecule has 0 saturated carbocycles. The van der Waals surface area contributed by atoms with Crippen LogP contribution in [0.3, 0.4) is 0 Å². The maximum atomic E-state index is 4.26. The minimum Gasteiger partial charge on any atom is -0.245 e. The summed E-state index contributed by atoms with van der Waals surface area (Å²) in [5.74, 6) is 0. The minimum absolute atomic E-state index is 1.04. The van der Waals surface area contributed by atoms with Gasteiger partial charge >= 0.3 is 0 Å². The van der Waals surface area contributed by atoms with Gasteiger partial charge in [0, 0.05) is 0 Å². The molecular weight excluding hydrogens is 190 g/mol. The molecule has 0 atom stereocenters. The average molecular weight is 204 g/mol. The lowest BCUT2D eigenvalue weighted by molar-refractivity contribution is 0.747. The fourth-order valence-electron chi connectivity index (χ4n) is 1.56. The van der Waals surface area contributed by atoms with Crippen LogP contribution in [-0.4, -0.2) is 4.98 Å². The third-order valence-corrected chi connectivity index (χ3v) is 3.15. The molecule has 0 spiro atoms. The number of hydrogen-bond donors (Lipinski definition) is 0. The first-order valence-corrected chi connectivity index (χ1v) is 5.89. The lowest BCUT2D eigenvalue weighted by atomic mass is 10.1. The zero-order valence-corrected chi connectivity index (χ0v) is 9.02. The molecule has 1 heterocycles. The van der Waals surface area contributed by atoms with Crippen LogP contribution in [0.5, 0.6) is 0 Å². The zero-order chi connectivity index (χ0) is 9.80. The number of fused-ring (bicyclic) bond motifs is 1. The van der Waals surface area contributed by atoms with E-state index >= 15 is 0 Å². The van der Waals surface area contributed by atoms with Gasteiger partial charge in [-0.25, -0.2) is 4.98 Å². The van der Waals surface area contributed by atoms with Gasteiger partial charge in [-0.3, -0.25) is 0 Å². The quantitative estimate of drug-likeness (QED) is 0.689. The highest BCUT2D eigenvalue weighted by Crippen LogP contribution is 2.20. The van der Waals surface area contributed by atoms with Crippen LogP contribution in [0, 0.1) is 6.92 Å². The maximum Gasteiger partial charge on any atom is 0.0812 e. The SMILES string of the molecule is [CH2]CCCCc1ccc2ncsc2c1. The fraction of sp³-hybridized carbons (Fsp3) is 0.333. The lowest BCUT2D eigenvalue weighted by Gasteiger charge is -1.99. The molecule has 2 heteroatoms. The number of rotatable bonds is 4. The van der Waals surface area contributed by atoms with Crippen molar-refractivity contribution in [3.8, 4) is 0 Å². The lowest BCUT2D eigenvalue weighted by Crippen LogP contribution is -1.84. The third kappa shape index (κ3) is 2.13. The summed E-state index contributed by atoms with van der Waals surface area (Å²) in [4.78, 5) is 4.26. The molecule has 1 aromatic carbocycles. The standard InChI is InChI=1S/C12H14NS/c1-2-3-4-5-10-6-7-11-12(8-10)14-9-13-11/h6-9H,1-5H2. The highest BCUT2D eigenvalue weighted by molar-refractivity contribution is 7.16. The number of aryl methyl sites for hydroxylation is 1. The average Bonchev–Trinajstić information content (AvgIpc) is 2.65. The predicted octanol–water partition coefficient (Wildman–Crippen LogP) is 3.84. The molecule has 2 aromatic rings. The fourth-order valence-corrected chi connectivity index (χ4v) is 2.30. The monoisotopic (exact) mass is 204 g/mol. The molecule has 14 heavy (non-hydrogen) atoms. The summed E-state index contributed by atoms with van der Waals surface area (Å²) in [6.45, 7) is 3.85. The second-order valence-electron chi connectivity index (χ2n) is 3.47. The number of unbranched alkanes of at least 4 members (excludes halogenated alkanes) is 2. The molecule has 0 unspecified atom stereocenters. The number of aromatic nitrogens is 1. The Morgan fingerprint density at radius 1 is 1.29 bits per heavy atom. The van der Waals surface area contributed by atoms with Gasteiger partial charge in [0.25, 0.3) is 0 Å². The van der Waals surface area contributed by atoms with Crippen molar-refractivity contribution in [1.29, 1.82) is 0 Å². The van der Waals surface area contributed by atoms with Crippen molar-refractivity contribution in [2.75, 3.05) is 0 Å². The van der Waals surface area contributed by atoms with E-state index in [-0.39, 0.29) is 0 Å². The van der Waals surface area contributed by atoms with Crippen LogP contribution in [0.15, 0.2) is 23.7 Å². The zero-order valence-electron chi connectivity index (χ0n) is 8.20. The van der Waals surface area contributed by atoms with Crippen molar-refractivity contribution in [3.05, 3.63) is 36.2 Å². The van der Waals surface area contributed by atoms with Crippen molar-refractivity contribution in [2.24, 2.45) is 0 Å². The van der Waals surface area contributed by atoms with Gasteiger partial charge in [0.2, 0.25) is 0 Å². The van der Waals surface area contributed by atoms with Crippen molar-refractivity contribution in [3.63, 3.8) is 0 Å². The van der Waals surface area contributed by atoms with Gasteiger partial charge in [-0.1, -0.05) is 25.8 Å². The van der Waals surface area contributed by atoms with Gasteiger partial charge in [0.15, 0.2) is 0 Å². The van der Waals surface area contributed by atoms with E-state index in [4.69, 9.17) is 0 Å². The number of benzene rings is 1. The van der Waals surface area contributed by atoms with E-state index in [0.29, 0.717) is 0 Å². The Kier molecular flexibility index (Phi) is 3.14. The Morgan fingerprint density at radius 2 is 2.21 bits per heavy atom. The molecule has 1 nitrogen and oxygen atoms in total. The Morgan fingerprint density at radius 3 is 3.07 bits per heavy atom.